The zero-order valence-electron chi connectivity index (χ0n) is 8.20. The molecule has 0 radical (unpaired) electrons. The molecular formula is C8H15N3OS. The van der Waals surface area contributed by atoms with Gasteiger partial charge in [-0.2, -0.15) is 16.7 Å². The predicted molar refractivity (Wildman–Crippen MR) is 53.6 cm³/mol. The van der Waals surface area contributed by atoms with Crippen LogP contribution in [-0.4, -0.2) is 22.9 Å². The number of rotatable bonds is 5. The van der Waals surface area contributed by atoms with Gasteiger partial charge in [-0.15, -0.1) is 0 Å². The lowest BCUT2D eigenvalue weighted by atomic mass is 10.4. The van der Waals surface area contributed by atoms with Crippen LogP contribution in [0, 0.1) is 0 Å². The molecule has 5 heteroatoms. The van der Waals surface area contributed by atoms with Gasteiger partial charge in [0, 0.05) is 0 Å². The summed E-state index contributed by atoms with van der Waals surface area (Å²) in [4.78, 5) is 4.26. The van der Waals surface area contributed by atoms with Crippen molar-refractivity contribution in [2.45, 2.75) is 25.6 Å². The van der Waals surface area contributed by atoms with Gasteiger partial charge in [0.1, 0.15) is 0 Å². The second-order valence-electron chi connectivity index (χ2n) is 2.67. The molecule has 1 atom stereocenters. The second kappa shape index (κ2) is 5.24. The fourth-order valence-corrected chi connectivity index (χ4v) is 1.73. The van der Waals surface area contributed by atoms with Gasteiger partial charge < -0.3 is 9.84 Å². The molecule has 0 saturated carbocycles. The zero-order valence-corrected chi connectivity index (χ0v) is 9.02. The third-order valence-corrected chi connectivity index (χ3v) is 2.64. The summed E-state index contributed by atoms with van der Waals surface area (Å²) in [5.74, 6) is 2.51. The molecule has 1 rings (SSSR count). The Morgan fingerprint density at radius 2 is 2.38 bits per heavy atom. The molecule has 0 aromatic carbocycles. The van der Waals surface area contributed by atoms with Crippen LogP contribution in [0.15, 0.2) is 4.52 Å². The van der Waals surface area contributed by atoms with Crippen molar-refractivity contribution in [3.8, 4) is 0 Å². The standard InChI is InChI=1S/C8H15N3OS/c1-4-13-6(2)8-10-7(5-9-3)12-11-8/h6,9H,4-5H2,1-3H3. The Morgan fingerprint density at radius 3 is 3.00 bits per heavy atom. The van der Waals surface area contributed by atoms with Crippen LogP contribution in [0.4, 0.5) is 0 Å². The first-order valence-electron chi connectivity index (χ1n) is 4.36. The average molecular weight is 201 g/mol. The van der Waals surface area contributed by atoms with E-state index in [0.717, 1.165) is 11.6 Å². The van der Waals surface area contributed by atoms with Crippen molar-refractivity contribution >= 4 is 11.8 Å². The zero-order chi connectivity index (χ0) is 9.68. The highest BCUT2D eigenvalue weighted by Gasteiger charge is 2.12. The van der Waals surface area contributed by atoms with Crippen molar-refractivity contribution in [3.05, 3.63) is 11.7 Å². The molecule has 1 aromatic heterocycles. The van der Waals surface area contributed by atoms with Gasteiger partial charge >= 0.3 is 0 Å². The van der Waals surface area contributed by atoms with Crippen molar-refractivity contribution in [1.82, 2.24) is 15.5 Å². The molecule has 74 valence electrons. The number of hydrogen-bond acceptors (Lipinski definition) is 5. The minimum absolute atomic E-state index is 0.319. The normalized spacial score (nSPS) is 13.2. The molecule has 1 unspecified atom stereocenters. The Morgan fingerprint density at radius 1 is 1.62 bits per heavy atom. The molecule has 13 heavy (non-hydrogen) atoms. The molecule has 0 bridgehead atoms. The molecule has 4 nitrogen and oxygen atoms in total. The fourth-order valence-electron chi connectivity index (χ4n) is 0.981. The van der Waals surface area contributed by atoms with E-state index in [9.17, 15) is 0 Å². The first-order chi connectivity index (χ1) is 6.27. The molecular weight excluding hydrogens is 186 g/mol. The van der Waals surface area contributed by atoms with Gasteiger partial charge in [0.2, 0.25) is 5.89 Å². The summed E-state index contributed by atoms with van der Waals surface area (Å²) in [5, 5.41) is 7.19. The molecule has 0 aliphatic rings. The van der Waals surface area contributed by atoms with Crippen LogP contribution >= 0.6 is 11.8 Å². The lowest BCUT2D eigenvalue weighted by molar-refractivity contribution is 0.367. The maximum Gasteiger partial charge on any atom is 0.240 e. The van der Waals surface area contributed by atoms with E-state index in [4.69, 9.17) is 4.52 Å². The topological polar surface area (TPSA) is 51.0 Å². The third kappa shape index (κ3) is 3.00. The van der Waals surface area contributed by atoms with Crippen molar-refractivity contribution in [1.29, 1.82) is 0 Å². The third-order valence-electron chi connectivity index (χ3n) is 1.59. The molecule has 1 aromatic rings. The highest BCUT2D eigenvalue weighted by Crippen LogP contribution is 2.24. The summed E-state index contributed by atoms with van der Waals surface area (Å²) >= 11 is 1.81. The Labute approximate surface area is 82.5 Å². The number of nitrogens with zero attached hydrogens (tertiary/aromatic N) is 2. The van der Waals surface area contributed by atoms with Gasteiger partial charge in [-0.25, -0.2) is 0 Å². The van der Waals surface area contributed by atoms with Crippen molar-refractivity contribution in [2.24, 2.45) is 0 Å². The number of aromatic nitrogens is 2. The van der Waals surface area contributed by atoms with Crippen LogP contribution in [0.2, 0.25) is 0 Å². The van der Waals surface area contributed by atoms with Crippen LogP contribution in [0.3, 0.4) is 0 Å². The Hall–Kier alpha value is -0.550. The van der Waals surface area contributed by atoms with Gasteiger partial charge in [-0.05, 0) is 19.7 Å². The number of nitrogens with one attached hydrogen (secondary N) is 1. The van der Waals surface area contributed by atoms with E-state index in [1.807, 2.05) is 18.8 Å². The van der Waals surface area contributed by atoms with Crippen molar-refractivity contribution < 1.29 is 4.52 Å². The minimum Gasteiger partial charge on any atom is -0.338 e. The number of hydrogen-bond donors (Lipinski definition) is 1. The molecule has 0 fully saturated rings. The van der Waals surface area contributed by atoms with E-state index >= 15 is 0 Å². The van der Waals surface area contributed by atoms with Crippen LogP contribution in [0.5, 0.6) is 0 Å². The second-order valence-corrected chi connectivity index (χ2v) is 4.29. The summed E-state index contributed by atoms with van der Waals surface area (Å²) in [6.07, 6.45) is 0. The van der Waals surface area contributed by atoms with Crippen LogP contribution in [0.1, 0.15) is 30.8 Å². The molecule has 1 heterocycles. The van der Waals surface area contributed by atoms with E-state index < -0.39 is 0 Å². The molecule has 0 spiro atoms. The summed E-state index contributed by atoms with van der Waals surface area (Å²) in [7, 11) is 1.86. The number of thioether (sulfide) groups is 1. The maximum absolute atomic E-state index is 5.04. The molecule has 0 saturated heterocycles. The van der Waals surface area contributed by atoms with E-state index in [1.165, 1.54) is 0 Å². The van der Waals surface area contributed by atoms with Crippen LogP contribution in [0.25, 0.3) is 0 Å². The van der Waals surface area contributed by atoms with E-state index in [1.54, 1.807) is 0 Å². The first kappa shape index (κ1) is 10.5. The van der Waals surface area contributed by atoms with Gasteiger partial charge in [-0.3, -0.25) is 0 Å². The van der Waals surface area contributed by atoms with Gasteiger partial charge in [0.25, 0.3) is 0 Å². The Bertz CT molecular complexity index is 251. The van der Waals surface area contributed by atoms with Gasteiger partial charge in [-0.1, -0.05) is 12.1 Å². The smallest absolute Gasteiger partial charge is 0.240 e. The Kier molecular flexibility index (Phi) is 4.24. The van der Waals surface area contributed by atoms with E-state index in [2.05, 4.69) is 29.3 Å². The van der Waals surface area contributed by atoms with Crippen LogP contribution < -0.4 is 5.32 Å². The van der Waals surface area contributed by atoms with Gasteiger partial charge in [0.15, 0.2) is 5.82 Å². The molecule has 0 aliphatic carbocycles. The summed E-state index contributed by atoms with van der Waals surface area (Å²) in [6, 6.07) is 0. The monoisotopic (exact) mass is 201 g/mol. The lowest BCUT2D eigenvalue weighted by Gasteiger charge is -2.01. The largest absolute Gasteiger partial charge is 0.338 e. The van der Waals surface area contributed by atoms with Crippen LogP contribution in [-0.2, 0) is 6.54 Å². The Balaban J connectivity index is 2.56. The summed E-state index contributed by atoms with van der Waals surface area (Å²) in [6.45, 7) is 4.84. The SMILES string of the molecule is CCSC(C)c1noc(CNC)n1. The van der Waals surface area contributed by atoms with Gasteiger partial charge in [0.05, 0.1) is 11.8 Å². The van der Waals surface area contributed by atoms with Crippen molar-refractivity contribution in [3.63, 3.8) is 0 Å². The molecule has 0 amide bonds. The van der Waals surface area contributed by atoms with E-state index in [-0.39, 0.29) is 0 Å². The predicted octanol–water partition coefficient (Wildman–Crippen LogP) is 1.60. The van der Waals surface area contributed by atoms with E-state index in [0.29, 0.717) is 17.7 Å². The fraction of sp³-hybridized carbons (Fsp3) is 0.750. The molecule has 1 N–H and O–H groups in total. The highest BCUT2D eigenvalue weighted by atomic mass is 32.2. The maximum atomic E-state index is 5.04. The summed E-state index contributed by atoms with van der Waals surface area (Å²) < 4.78 is 5.04. The minimum atomic E-state index is 0.319. The highest BCUT2D eigenvalue weighted by molar-refractivity contribution is 7.99. The molecule has 0 aliphatic heterocycles. The summed E-state index contributed by atoms with van der Waals surface area (Å²) in [5.41, 5.74) is 0. The lowest BCUT2D eigenvalue weighted by Crippen LogP contribution is -2.05. The average Bonchev–Trinajstić information content (AvgIpc) is 2.54. The first-order valence-corrected chi connectivity index (χ1v) is 5.41. The quantitative estimate of drug-likeness (QED) is 0.784. The van der Waals surface area contributed by atoms with Crippen molar-refractivity contribution in [2.75, 3.05) is 12.8 Å².